The third-order valence-electron chi connectivity index (χ3n) is 2.21. The molecule has 0 spiro atoms. The van der Waals surface area contributed by atoms with Crippen LogP contribution in [0.15, 0.2) is 18.2 Å². The van der Waals surface area contributed by atoms with Gasteiger partial charge in [-0.2, -0.15) is 13.2 Å². The molecule has 0 radical (unpaired) electrons. The normalized spacial score (nSPS) is 15.0. The van der Waals surface area contributed by atoms with E-state index in [1.165, 1.54) is 19.1 Å². The Balaban J connectivity index is 0.00000256. The Morgan fingerprint density at radius 3 is 2.29 bits per heavy atom. The fourth-order valence-electron chi connectivity index (χ4n) is 1.29. The van der Waals surface area contributed by atoms with E-state index < -0.39 is 28.9 Å². The quantitative estimate of drug-likeness (QED) is 0.878. The summed E-state index contributed by atoms with van der Waals surface area (Å²) in [5, 5.41) is 8.77. The SMILES string of the molecule is C[C@H](O)[C@H](N)c1cccc(C(F)(F)F)c1Cl.Cl. The lowest BCUT2D eigenvalue weighted by Gasteiger charge is -2.19. The topological polar surface area (TPSA) is 46.2 Å². The van der Waals surface area contributed by atoms with E-state index in [2.05, 4.69) is 0 Å². The molecule has 1 aromatic rings. The summed E-state index contributed by atoms with van der Waals surface area (Å²) in [5.74, 6) is 0. The van der Waals surface area contributed by atoms with Crippen LogP contribution < -0.4 is 5.73 Å². The minimum Gasteiger partial charge on any atom is -0.391 e. The first-order valence-corrected chi connectivity index (χ1v) is 4.92. The van der Waals surface area contributed by atoms with Crippen molar-refractivity contribution in [3.05, 3.63) is 34.3 Å². The molecule has 0 aromatic heterocycles. The zero-order valence-electron chi connectivity index (χ0n) is 8.83. The first kappa shape index (κ1) is 16.5. The molecule has 0 saturated heterocycles. The summed E-state index contributed by atoms with van der Waals surface area (Å²) in [7, 11) is 0. The largest absolute Gasteiger partial charge is 0.417 e. The third-order valence-corrected chi connectivity index (χ3v) is 2.63. The van der Waals surface area contributed by atoms with Crippen molar-refractivity contribution >= 4 is 24.0 Å². The Morgan fingerprint density at radius 1 is 1.35 bits per heavy atom. The molecule has 2 nitrogen and oxygen atoms in total. The molecule has 0 heterocycles. The maximum Gasteiger partial charge on any atom is 0.417 e. The third kappa shape index (κ3) is 3.74. The lowest BCUT2D eigenvalue weighted by Crippen LogP contribution is -2.24. The zero-order chi connectivity index (χ0) is 12.5. The van der Waals surface area contributed by atoms with E-state index in [0.29, 0.717) is 0 Å². The molecule has 0 fully saturated rings. The fraction of sp³-hybridized carbons (Fsp3) is 0.400. The molecule has 1 aromatic carbocycles. The van der Waals surface area contributed by atoms with Crippen LogP contribution in [-0.4, -0.2) is 11.2 Å². The van der Waals surface area contributed by atoms with Gasteiger partial charge in [0.05, 0.1) is 22.7 Å². The highest BCUT2D eigenvalue weighted by molar-refractivity contribution is 6.32. The summed E-state index contributed by atoms with van der Waals surface area (Å²) in [6.45, 7) is 1.39. The minimum atomic E-state index is -4.52. The van der Waals surface area contributed by atoms with E-state index in [0.717, 1.165) is 6.07 Å². The average Bonchev–Trinajstić information content (AvgIpc) is 2.15. The molecule has 98 valence electrons. The predicted molar refractivity (Wildman–Crippen MR) is 62.3 cm³/mol. The second-order valence-electron chi connectivity index (χ2n) is 3.47. The van der Waals surface area contributed by atoms with E-state index in [-0.39, 0.29) is 18.0 Å². The molecule has 2 atom stereocenters. The van der Waals surface area contributed by atoms with Crippen LogP contribution in [0.1, 0.15) is 24.1 Å². The van der Waals surface area contributed by atoms with Gasteiger partial charge < -0.3 is 10.8 Å². The van der Waals surface area contributed by atoms with Gasteiger partial charge in [-0.05, 0) is 18.6 Å². The van der Waals surface area contributed by atoms with Gasteiger partial charge in [-0.1, -0.05) is 23.7 Å². The molecule has 3 N–H and O–H groups in total. The van der Waals surface area contributed by atoms with E-state index in [9.17, 15) is 18.3 Å². The summed E-state index contributed by atoms with van der Waals surface area (Å²) < 4.78 is 37.5. The molecular formula is C10H12Cl2F3NO. The Morgan fingerprint density at radius 2 is 1.88 bits per heavy atom. The van der Waals surface area contributed by atoms with Gasteiger partial charge >= 0.3 is 6.18 Å². The van der Waals surface area contributed by atoms with Gasteiger partial charge in [-0.3, -0.25) is 0 Å². The molecule has 7 heteroatoms. The number of aliphatic hydroxyl groups excluding tert-OH is 1. The van der Waals surface area contributed by atoms with Gasteiger partial charge in [0.15, 0.2) is 0 Å². The number of hydrogen-bond acceptors (Lipinski definition) is 2. The van der Waals surface area contributed by atoms with E-state index in [4.69, 9.17) is 17.3 Å². The number of alkyl halides is 3. The molecule has 0 amide bonds. The Bertz CT molecular complexity index is 382. The number of aliphatic hydroxyl groups is 1. The van der Waals surface area contributed by atoms with Crippen LogP contribution in [-0.2, 0) is 6.18 Å². The lowest BCUT2D eigenvalue weighted by molar-refractivity contribution is -0.137. The number of halogens is 5. The van der Waals surface area contributed by atoms with Crippen molar-refractivity contribution in [2.75, 3.05) is 0 Å². The molecule has 0 aliphatic heterocycles. The van der Waals surface area contributed by atoms with Crippen molar-refractivity contribution in [1.29, 1.82) is 0 Å². The summed E-state index contributed by atoms with van der Waals surface area (Å²) in [5.41, 5.74) is 4.70. The Kier molecular flexibility index (Phi) is 5.74. The first-order valence-electron chi connectivity index (χ1n) is 4.54. The van der Waals surface area contributed by atoms with Crippen LogP contribution in [0.25, 0.3) is 0 Å². The van der Waals surface area contributed by atoms with Crippen molar-refractivity contribution in [3.8, 4) is 0 Å². The second-order valence-corrected chi connectivity index (χ2v) is 3.85. The summed E-state index contributed by atoms with van der Waals surface area (Å²) in [4.78, 5) is 0. The van der Waals surface area contributed by atoms with Crippen molar-refractivity contribution in [3.63, 3.8) is 0 Å². The Hall–Kier alpha value is -0.490. The highest BCUT2D eigenvalue weighted by Gasteiger charge is 2.34. The monoisotopic (exact) mass is 289 g/mol. The Labute approximate surface area is 108 Å². The van der Waals surface area contributed by atoms with Gasteiger partial charge in [-0.15, -0.1) is 12.4 Å². The van der Waals surface area contributed by atoms with Gasteiger partial charge in [0, 0.05) is 0 Å². The summed E-state index contributed by atoms with van der Waals surface area (Å²) >= 11 is 5.62. The summed E-state index contributed by atoms with van der Waals surface area (Å²) in [6.07, 6.45) is -5.49. The smallest absolute Gasteiger partial charge is 0.391 e. The van der Waals surface area contributed by atoms with Crippen molar-refractivity contribution in [2.45, 2.75) is 25.2 Å². The lowest BCUT2D eigenvalue weighted by atomic mass is 10.0. The van der Waals surface area contributed by atoms with Crippen LogP contribution in [0.5, 0.6) is 0 Å². The minimum absolute atomic E-state index is 0. The van der Waals surface area contributed by atoms with Gasteiger partial charge in [0.1, 0.15) is 0 Å². The van der Waals surface area contributed by atoms with Crippen molar-refractivity contribution in [1.82, 2.24) is 0 Å². The number of rotatable bonds is 2. The molecule has 17 heavy (non-hydrogen) atoms. The van der Waals surface area contributed by atoms with Gasteiger partial charge in [-0.25, -0.2) is 0 Å². The van der Waals surface area contributed by atoms with Crippen LogP contribution >= 0.6 is 24.0 Å². The standard InChI is InChI=1S/C10H11ClF3NO.ClH/c1-5(16)9(15)6-3-2-4-7(8(6)11)10(12,13)14;/h2-5,9,16H,15H2,1H3;1H/t5-,9-;/m0./s1. The number of hydrogen-bond donors (Lipinski definition) is 2. The molecular weight excluding hydrogens is 278 g/mol. The van der Waals surface area contributed by atoms with Crippen LogP contribution in [0.2, 0.25) is 5.02 Å². The molecule has 0 aliphatic carbocycles. The zero-order valence-corrected chi connectivity index (χ0v) is 10.4. The van der Waals surface area contributed by atoms with Crippen molar-refractivity contribution in [2.24, 2.45) is 5.73 Å². The van der Waals surface area contributed by atoms with E-state index >= 15 is 0 Å². The van der Waals surface area contributed by atoms with E-state index in [1.54, 1.807) is 0 Å². The maximum atomic E-state index is 12.5. The first-order chi connectivity index (χ1) is 7.25. The fourth-order valence-corrected chi connectivity index (χ4v) is 1.65. The number of benzene rings is 1. The van der Waals surface area contributed by atoms with Gasteiger partial charge in [0.2, 0.25) is 0 Å². The van der Waals surface area contributed by atoms with Crippen molar-refractivity contribution < 1.29 is 18.3 Å². The molecule has 0 saturated carbocycles. The molecule has 1 rings (SSSR count). The van der Waals surface area contributed by atoms with Crippen LogP contribution in [0.3, 0.4) is 0 Å². The summed E-state index contributed by atoms with van der Waals surface area (Å²) in [6, 6.07) is 2.52. The maximum absolute atomic E-state index is 12.5. The highest BCUT2D eigenvalue weighted by Crippen LogP contribution is 2.37. The molecule has 0 aliphatic rings. The molecule has 0 bridgehead atoms. The number of nitrogens with two attached hydrogens (primary N) is 1. The van der Waals surface area contributed by atoms with Crippen LogP contribution in [0, 0.1) is 0 Å². The predicted octanol–water partition coefficient (Wildman–Crippen LogP) is 3.16. The van der Waals surface area contributed by atoms with Gasteiger partial charge in [0.25, 0.3) is 0 Å². The second kappa shape index (κ2) is 5.91. The highest BCUT2D eigenvalue weighted by atomic mass is 35.5. The average molecular weight is 290 g/mol. The van der Waals surface area contributed by atoms with E-state index in [1.807, 2.05) is 0 Å². The van der Waals surface area contributed by atoms with Crippen LogP contribution in [0.4, 0.5) is 13.2 Å². The molecule has 0 unspecified atom stereocenters.